The van der Waals surface area contributed by atoms with E-state index in [-0.39, 0.29) is 6.54 Å². The van der Waals surface area contributed by atoms with Gasteiger partial charge in [0, 0.05) is 5.69 Å². The Morgan fingerprint density at radius 1 is 1.05 bits per heavy atom. The minimum Gasteiger partial charge on any atom is -0.480 e. The number of rotatable bonds is 6. The predicted octanol–water partition coefficient (Wildman–Crippen LogP) is 1.13. The van der Waals surface area contributed by atoms with Gasteiger partial charge in [-0.1, -0.05) is 26.0 Å². The summed E-state index contributed by atoms with van der Waals surface area (Å²) >= 11 is 0. The number of carbonyl (C=O) groups excluding carboxylic acids is 2. The monoisotopic (exact) mass is 293 g/mol. The van der Waals surface area contributed by atoms with Crippen LogP contribution in [0.5, 0.6) is 0 Å². The molecule has 0 atom stereocenters. The molecular formula is C14H19N3O4. The van der Waals surface area contributed by atoms with Crippen LogP contribution in [0, 0.1) is 0 Å². The van der Waals surface area contributed by atoms with Gasteiger partial charge in [-0.25, -0.2) is 4.79 Å². The topological polar surface area (TPSA) is 108 Å². The van der Waals surface area contributed by atoms with Gasteiger partial charge in [0.15, 0.2) is 0 Å². The SMILES string of the molecule is CC(C)c1ccc(NC(=O)NCC(=O)NCC(=O)O)cc1. The number of carboxylic acids is 1. The van der Waals surface area contributed by atoms with Crippen LogP contribution in [0.4, 0.5) is 10.5 Å². The lowest BCUT2D eigenvalue weighted by Gasteiger charge is -2.09. The second-order valence-corrected chi connectivity index (χ2v) is 4.75. The third-order valence-corrected chi connectivity index (χ3v) is 2.68. The fourth-order valence-electron chi connectivity index (χ4n) is 1.52. The lowest BCUT2D eigenvalue weighted by molar-refractivity contribution is -0.137. The highest BCUT2D eigenvalue weighted by Crippen LogP contribution is 2.16. The number of carbonyl (C=O) groups is 3. The number of amides is 3. The molecule has 4 N–H and O–H groups in total. The fourth-order valence-corrected chi connectivity index (χ4v) is 1.52. The molecule has 7 heteroatoms. The molecule has 0 aliphatic heterocycles. The van der Waals surface area contributed by atoms with Crippen molar-refractivity contribution in [2.75, 3.05) is 18.4 Å². The van der Waals surface area contributed by atoms with Gasteiger partial charge in [-0.2, -0.15) is 0 Å². The molecule has 0 aliphatic carbocycles. The van der Waals surface area contributed by atoms with Crippen molar-refractivity contribution in [1.29, 1.82) is 0 Å². The van der Waals surface area contributed by atoms with Crippen LogP contribution in [-0.4, -0.2) is 36.1 Å². The zero-order chi connectivity index (χ0) is 15.8. The van der Waals surface area contributed by atoms with Gasteiger partial charge >= 0.3 is 12.0 Å². The summed E-state index contributed by atoms with van der Waals surface area (Å²) in [5, 5.41) is 15.4. The molecule has 0 aromatic heterocycles. The Labute approximate surface area is 122 Å². The van der Waals surface area contributed by atoms with Crippen LogP contribution in [0.2, 0.25) is 0 Å². The van der Waals surface area contributed by atoms with Crippen molar-refractivity contribution in [3.8, 4) is 0 Å². The van der Waals surface area contributed by atoms with Crippen molar-refractivity contribution in [3.05, 3.63) is 29.8 Å². The Morgan fingerprint density at radius 3 is 2.19 bits per heavy atom. The minimum absolute atomic E-state index is 0.289. The summed E-state index contributed by atoms with van der Waals surface area (Å²) in [7, 11) is 0. The molecule has 7 nitrogen and oxygen atoms in total. The van der Waals surface area contributed by atoms with E-state index in [2.05, 4.69) is 29.8 Å². The number of carboxylic acid groups (broad SMARTS) is 1. The number of benzene rings is 1. The lowest BCUT2D eigenvalue weighted by atomic mass is 10.0. The molecule has 3 amide bonds. The van der Waals surface area contributed by atoms with E-state index in [0.717, 1.165) is 5.56 Å². The molecule has 0 spiro atoms. The second kappa shape index (κ2) is 7.88. The van der Waals surface area contributed by atoms with E-state index >= 15 is 0 Å². The van der Waals surface area contributed by atoms with E-state index in [1.165, 1.54) is 0 Å². The molecule has 0 saturated carbocycles. The van der Waals surface area contributed by atoms with Gasteiger partial charge in [-0.05, 0) is 23.6 Å². The van der Waals surface area contributed by atoms with Gasteiger partial charge in [0.1, 0.15) is 6.54 Å². The van der Waals surface area contributed by atoms with Crippen molar-refractivity contribution in [1.82, 2.24) is 10.6 Å². The Kier molecular flexibility index (Phi) is 6.19. The van der Waals surface area contributed by atoms with Crippen molar-refractivity contribution >= 4 is 23.6 Å². The highest BCUT2D eigenvalue weighted by Gasteiger charge is 2.07. The lowest BCUT2D eigenvalue weighted by Crippen LogP contribution is -2.40. The van der Waals surface area contributed by atoms with E-state index in [1.54, 1.807) is 12.1 Å². The quantitative estimate of drug-likeness (QED) is 0.630. The molecule has 1 aromatic carbocycles. The average molecular weight is 293 g/mol. The van der Waals surface area contributed by atoms with Crippen LogP contribution in [0.15, 0.2) is 24.3 Å². The van der Waals surface area contributed by atoms with Crippen LogP contribution in [0.1, 0.15) is 25.3 Å². The molecule has 0 radical (unpaired) electrons. The van der Waals surface area contributed by atoms with Gasteiger partial charge in [0.05, 0.1) is 6.54 Å². The molecule has 0 bridgehead atoms. The van der Waals surface area contributed by atoms with E-state index in [0.29, 0.717) is 11.6 Å². The summed E-state index contributed by atoms with van der Waals surface area (Å²) in [5.41, 5.74) is 1.77. The molecule has 21 heavy (non-hydrogen) atoms. The standard InChI is InChI=1S/C14H19N3O4/c1-9(2)10-3-5-11(6-4-10)17-14(21)16-7-12(18)15-8-13(19)20/h3-6,9H,7-8H2,1-2H3,(H,15,18)(H,19,20)(H2,16,17,21). The van der Waals surface area contributed by atoms with Crippen molar-refractivity contribution in [3.63, 3.8) is 0 Å². The minimum atomic E-state index is -1.14. The number of urea groups is 1. The number of aliphatic carboxylic acids is 1. The Morgan fingerprint density at radius 2 is 1.67 bits per heavy atom. The normalized spacial score (nSPS) is 10.0. The summed E-state index contributed by atoms with van der Waals surface area (Å²) in [6.45, 7) is 3.39. The first-order chi connectivity index (χ1) is 9.88. The van der Waals surface area contributed by atoms with Crippen molar-refractivity contribution < 1.29 is 19.5 Å². The molecule has 114 valence electrons. The van der Waals surface area contributed by atoms with Crippen LogP contribution < -0.4 is 16.0 Å². The predicted molar refractivity (Wildman–Crippen MR) is 78.2 cm³/mol. The summed E-state index contributed by atoms with van der Waals surface area (Å²) in [4.78, 5) is 33.0. The molecule has 0 unspecified atom stereocenters. The summed E-state index contributed by atoms with van der Waals surface area (Å²) in [6, 6.07) is 6.86. The van der Waals surface area contributed by atoms with E-state index in [1.807, 2.05) is 12.1 Å². The molecular weight excluding hydrogens is 274 g/mol. The number of nitrogens with one attached hydrogen (secondary N) is 3. The maximum absolute atomic E-state index is 11.6. The second-order valence-electron chi connectivity index (χ2n) is 4.75. The maximum Gasteiger partial charge on any atom is 0.322 e. The zero-order valence-electron chi connectivity index (χ0n) is 12.0. The first kappa shape index (κ1) is 16.5. The van der Waals surface area contributed by atoms with Crippen LogP contribution in [-0.2, 0) is 9.59 Å². The van der Waals surface area contributed by atoms with Gasteiger partial charge in [-0.3, -0.25) is 9.59 Å². The molecule has 0 saturated heterocycles. The van der Waals surface area contributed by atoms with Crippen molar-refractivity contribution in [2.24, 2.45) is 0 Å². The molecule has 1 aromatic rings. The van der Waals surface area contributed by atoms with Gasteiger partial charge in [-0.15, -0.1) is 0 Å². The first-order valence-corrected chi connectivity index (χ1v) is 6.51. The molecule has 0 fully saturated rings. The van der Waals surface area contributed by atoms with E-state index in [9.17, 15) is 14.4 Å². The highest BCUT2D eigenvalue weighted by molar-refractivity contribution is 5.92. The van der Waals surface area contributed by atoms with Crippen LogP contribution in [0.25, 0.3) is 0 Å². The summed E-state index contributed by atoms with van der Waals surface area (Å²) in [5.74, 6) is -1.30. The van der Waals surface area contributed by atoms with Crippen LogP contribution >= 0.6 is 0 Å². The van der Waals surface area contributed by atoms with Gasteiger partial charge in [0.2, 0.25) is 5.91 Å². The maximum atomic E-state index is 11.6. The third kappa shape index (κ3) is 6.42. The largest absolute Gasteiger partial charge is 0.480 e. The highest BCUT2D eigenvalue weighted by atomic mass is 16.4. The smallest absolute Gasteiger partial charge is 0.322 e. The van der Waals surface area contributed by atoms with Gasteiger partial charge in [0.25, 0.3) is 0 Å². The number of anilines is 1. The third-order valence-electron chi connectivity index (χ3n) is 2.68. The summed E-state index contributed by atoms with van der Waals surface area (Å²) < 4.78 is 0. The van der Waals surface area contributed by atoms with Gasteiger partial charge < -0.3 is 21.1 Å². The molecule has 0 heterocycles. The van der Waals surface area contributed by atoms with Crippen LogP contribution in [0.3, 0.4) is 0 Å². The van der Waals surface area contributed by atoms with E-state index in [4.69, 9.17) is 5.11 Å². The Bertz CT molecular complexity index is 511. The Balaban J connectivity index is 2.36. The first-order valence-electron chi connectivity index (χ1n) is 6.51. The summed E-state index contributed by atoms with van der Waals surface area (Å²) in [6.07, 6.45) is 0. The van der Waals surface area contributed by atoms with E-state index < -0.39 is 24.5 Å². The average Bonchev–Trinajstić information content (AvgIpc) is 2.43. The zero-order valence-corrected chi connectivity index (χ0v) is 12.0. The number of hydrogen-bond acceptors (Lipinski definition) is 3. The molecule has 0 aliphatic rings. The fraction of sp³-hybridized carbons (Fsp3) is 0.357. The Hall–Kier alpha value is -2.57. The number of hydrogen-bond donors (Lipinski definition) is 4. The molecule has 1 rings (SSSR count). The van der Waals surface area contributed by atoms with Crippen molar-refractivity contribution in [2.45, 2.75) is 19.8 Å².